The van der Waals surface area contributed by atoms with E-state index in [2.05, 4.69) is 45.3 Å². The third-order valence-electron chi connectivity index (χ3n) is 6.65. The first-order chi connectivity index (χ1) is 13.7. The number of para-hydroxylation sites is 1. The zero-order valence-electron chi connectivity index (χ0n) is 16.7. The second-order valence-electron chi connectivity index (χ2n) is 8.07. The summed E-state index contributed by atoms with van der Waals surface area (Å²) in [5, 5.41) is 5.21. The van der Waals surface area contributed by atoms with Crippen molar-refractivity contribution in [3.8, 4) is 5.75 Å². The lowest BCUT2D eigenvalue weighted by atomic mass is 9.79. The van der Waals surface area contributed by atoms with Gasteiger partial charge < -0.3 is 19.9 Å². The molecule has 5 nitrogen and oxygen atoms in total. The third kappa shape index (κ3) is 2.95. The van der Waals surface area contributed by atoms with E-state index in [1.54, 1.807) is 18.4 Å². The fourth-order valence-corrected chi connectivity index (χ4v) is 5.78. The molecular weight excluding hydrogens is 368 g/mol. The van der Waals surface area contributed by atoms with Crippen molar-refractivity contribution in [3.63, 3.8) is 0 Å². The number of aromatic nitrogens is 2. The minimum Gasteiger partial charge on any atom is -0.495 e. The summed E-state index contributed by atoms with van der Waals surface area (Å²) in [7, 11) is 1.76. The number of fused-ring (bicyclic) bond motifs is 4. The lowest BCUT2D eigenvalue weighted by Gasteiger charge is -2.45. The third-order valence-corrected chi connectivity index (χ3v) is 7.64. The van der Waals surface area contributed by atoms with Crippen LogP contribution in [0.15, 0.2) is 23.7 Å². The zero-order chi connectivity index (χ0) is 19.1. The first-order valence-corrected chi connectivity index (χ1v) is 11.1. The molecule has 1 saturated heterocycles. The Labute approximate surface area is 170 Å². The van der Waals surface area contributed by atoms with E-state index in [1.807, 2.05) is 5.51 Å². The van der Waals surface area contributed by atoms with Crippen molar-refractivity contribution < 1.29 is 4.74 Å². The van der Waals surface area contributed by atoms with Gasteiger partial charge in [-0.1, -0.05) is 12.1 Å². The summed E-state index contributed by atoms with van der Waals surface area (Å²) in [4.78, 5) is 12.2. The maximum Gasteiger partial charge on any atom is 0.142 e. The maximum atomic E-state index is 5.61. The van der Waals surface area contributed by atoms with Crippen molar-refractivity contribution in [2.45, 2.75) is 38.1 Å². The zero-order valence-corrected chi connectivity index (χ0v) is 17.5. The van der Waals surface area contributed by atoms with Crippen LogP contribution in [0.25, 0.3) is 10.9 Å². The number of piperidine rings is 1. The molecule has 6 heteroatoms. The summed E-state index contributed by atoms with van der Waals surface area (Å²) in [5.41, 5.74) is 7.28. The van der Waals surface area contributed by atoms with Crippen LogP contribution in [0.1, 0.15) is 34.7 Å². The summed E-state index contributed by atoms with van der Waals surface area (Å²) in [6.45, 7) is 6.58. The predicted molar refractivity (Wildman–Crippen MR) is 114 cm³/mol. The maximum absolute atomic E-state index is 5.61. The normalized spacial score (nSPS) is 19.2. The van der Waals surface area contributed by atoms with Crippen LogP contribution in [0.3, 0.4) is 0 Å². The van der Waals surface area contributed by atoms with Gasteiger partial charge in [0.1, 0.15) is 5.75 Å². The summed E-state index contributed by atoms with van der Waals surface area (Å²) >= 11 is 1.79. The van der Waals surface area contributed by atoms with Gasteiger partial charge in [-0.05, 0) is 44.2 Å². The topological polar surface area (TPSA) is 53.2 Å². The largest absolute Gasteiger partial charge is 0.495 e. The highest BCUT2D eigenvalue weighted by molar-refractivity contribution is 7.09. The monoisotopic (exact) mass is 396 g/mol. The van der Waals surface area contributed by atoms with Gasteiger partial charge in [0.25, 0.3) is 0 Å². The van der Waals surface area contributed by atoms with Crippen LogP contribution in [0.2, 0.25) is 0 Å². The van der Waals surface area contributed by atoms with E-state index in [0.29, 0.717) is 0 Å². The van der Waals surface area contributed by atoms with E-state index in [0.717, 1.165) is 63.1 Å². The highest BCUT2D eigenvalue weighted by atomic mass is 32.1. The molecule has 0 radical (unpaired) electrons. The molecule has 148 valence electrons. The fraction of sp³-hybridized carbons (Fsp3) is 0.500. The number of nitrogens with zero attached hydrogens (tertiary/aromatic N) is 2. The number of benzene rings is 1. The lowest BCUT2D eigenvalue weighted by Crippen LogP contribution is -2.54. The number of hydrogen-bond donors (Lipinski definition) is 2. The van der Waals surface area contributed by atoms with Crippen LogP contribution in [0, 0.1) is 6.92 Å². The summed E-state index contributed by atoms with van der Waals surface area (Å²) in [6.07, 6.45) is 4.50. The molecule has 1 spiro atoms. The molecule has 28 heavy (non-hydrogen) atoms. The number of aryl methyl sites for hydroxylation is 1. The second kappa shape index (κ2) is 7.17. The molecule has 2 aromatic heterocycles. The molecule has 0 aliphatic carbocycles. The molecule has 1 aromatic carbocycles. The average molecular weight is 397 g/mol. The van der Waals surface area contributed by atoms with E-state index in [-0.39, 0.29) is 5.54 Å². The standard InChI is InChI=1S/C22H28N4OS/c1-15-19(28-14-23-15)7-11-26-12-8-22(9-13-26)21-17(6-10-24-22)16-4-3-5-18(27-2)20(16)25-21/h3-5,14,24-25H,6-13H2,1-2H3. The Morgan fingerprint density at radius 3 is 2.89 bits per heavy atom. The van der Waals surface area contributed by atoms with Gasteiger partial charge in [0.05, 0.1) is 29.4 Å². The Hall–Kier alpha value is -1.89. The van der Waals surface area contributed by atoms with Gasteiger partial charge in [-0.15, -0.1) is 11.3 Å². The minimum absolute atomic E-state index is 0.0779. The van der Waals surface area contributed by atoms with Gasteiger partial charge >= 0.3 is 0 Å². The Bertz CT molecular complexity index is 984. The van der Waals surface area contributed by atoms with Crippen molar-refractivity contribution in [2.24, 2.45) is 0 Å². The van der Waals surface area contributed by atoms with E-state index >= 15 is 0 Å². The molecule has 2 aliphatic heterocycles. The van der Waals surface area contributed by atoms with E-state index in [4.69, 9.17) is 4.74 Å². The molecule has 0 bridgehead atoms. The molecule has 2 N–H and O–H groups in total. The Morgan fingerprint density at radius 1 is 1.29 bits per heavy atom. The SMILES string of the molecule is COc1cccc2c3c([nH]c12)C1(CCN(CCc2scnc2C)CC1)NCC3. The van der Waals surface area contributed by atoms with Gasteiger partial charge in [0, 0.05) is 42.1 Å². The van der Waals surface area contributed by atoms with Gasteiger partial charge in [-0.25, -0.2) is 4.98 Å². The lowest BCUT2D eigenvalue weighted by molar-refractivity contribution is 0.127. The fourth-order valence-electron chi connectivity index (χ4n) is 5.01. The van der Waals surface area contributed by atoms with Crippen molar-refractivity contribution in [3.05, 3.63) is 45.5 Å². The smallest absolute Gasteiger partial charge is 0.142 e. The molecule has 0 atom stereocenters. The quantitative estimate of drug-likeness (QED) is 0.707. The number of nitrogens with one attached hydrogen (secondary N) is 2. The molecule has 1 fully saturated rings. The summed E-state index contributed by atoms with van der Waals surface area (Å²) in [6, 6.07) is 6.39. The van der Waals surface area contributed by atoms with Crippen LogP contribution in [-0.2, 0) is 18.4 Å². The molecule has 0 unspecified atom stereocenters. The van der Waals surface area contributed by atoms with Crippen LogP contribution < -0.4 is 10.1 Å². The van der Waals surface area contributed by atoms with Crippen molar-refractivity contribution in [1.29, 1.82) is 0 Å². The number of H-pyrrole nitrogens is 1. The Morgan fingerprint density at radius 2 is 2.14 bits per heavy atom. The molecule has 0 amide bonds. The second-order valence-corrected chi connectivity index (χ2v) is 9.01. The van der Waals surface area contributed by atoms with Crippen molar-refractivity contribution >= 4 is 22.2 Å². The first-order valence-electron chi connectivity index (χ1n) is 10.2. The molecular formula is C22H28N4OS. The van der Waals surface area contributed by atoms with Crippen LogP contribution >= 0.6 is 11.3 Å². The van der Waals surface area contributed by atoms with E-state index < -0.39 is 0 Å². The molecule has 3 aromatic rings. The van der Waals surface area contributed by atoms with Crippen LogP contribution in [0.5, 0.6) is 5.75 Å². The molecule has 5 rings (SSSR count). The highest BCUT2D eigenvalue weighted by Gasteiger charge is 2.41. The number of methoxy groups -OCH3 is 1. The Balaban J connectivity index is 1.36. The number of aromatic amines is 1. The molecule has 4 heterocycles. The van der Waals surface area contributed by atoms with Gasteiger partial charge in [-0.3, -0.25) is 0 Å². The first kappa shape index (κ1) is 18.2. The molecule has 2 aliphatic rings. The van der Waals surface area contributed by atoms with Crippen molar-refractivity contribution in [1.82, 2.24) is 20.2 Å². The summed E-state index contributed by atoms with van der Waals surface area (Å²) < 4.78 is 5.61. The molecule has 0 saturated carbocycles. The number of thiazole rings is 1. The number of likely N-dealkylation sites (tertiary alicyclic amines) is 1. The van der Waals surface area contributed by atoms with E-state index in [9.17, 15) is 0 Å². The number of rotatable bonds is 4. The summed E-state index contributed by atoms with van der Waals surface area (Å²) in [5.74, 6) is 0.944. The van der Waals surface area contributed by atoms with Crippen molar-refractivity contribution in [2.75, 3.05) is 33.3 Å². The highest BCUT2D eigenvalue weighted by Crippen LogP contribution is 2.41. The Kier molecular flexibility index (Phi) is 4.65. The predicted octanol–water partition coefficient (Wildman–Crippen LogP) is 3.62. The minimum atomic E-state index is 0.0779. The number of ether oxygens (including phenoxy) is 1. The number of hydrogen-bond acceptors (Lipinski definition) is 5. The van der Waals surface area contributed by atoms with E-state index in [1.165, 1.54) is 27.2 Å². The van der Waals surface area contributed by atoms with Crippen LogP contribution in [0.4, 0.5) is 0 Å². The van der Waals surface area contributed by atoms with Gasteiger partial charge in [0.2, 0.25) is 0 Å². The van der Waals surface area contributed by atoms with Gasteiger partial charge in [-0.2, -0.15) is 0 Å². The van der Waals surface area contributed by atoms with Gasteiger partial charge in [0.15, 0.2) is 0 Å². The average Bonchev–Trinajstić information content (AvgIpc) is 3.32. The van der Waals surface area contributed by atoms with Crippen LogP contribution in [-0.4, -0.2) is 48.2 Å².